The van der Waals surface area contributed by atoms with E-state index in [1.165, 1.54) is 12.1 Å². The maximum Gasteiger partial charge on any atom is 0.325 e. The van der Waals surface area contributed by atoms with Crippen LogP contribution in [0.3, 0.4) is 0 Å². The Morgan fingerprint density at radius 2 is 2.08 bits per heavy atom. The van der Waals surface area contributed by atoms with E-state index in [1.807, 2.05) is 13.8 Å². The maximum absolute atomic E-state index is 13.9. The lowest BCUT2D eigenvalue weighted by Gasteiger charge is -2.23. The van der Waals surface area contributed by atoms with Crippen molar-refractivity contribution in [2.24, 2.45) is 5.92 Å². The number of pyridine rings is 1. The number of benzene rings is 1. The molecule has 0 aliphatic carbocycles. The van der Waals surface area contributed by atoms with Gasteiger partial charge in [-0.3, -0.25) is 14.7 Å². The molecule has 0 saturated carbocycles. The molecule has 0 spiro atoms. The second kappa shape index (κ2) is 5.85. The van der Waals surface area contributed by atoms with Crippen molar-refractivity contribution in [2.45, 2.75) is 39.3 Å². The van der Waals surface area contributed by atoms with E-state index in [2.05, 4.69) is 10.3 Å². The Bertz CT molecular complexity index is 821. The first-order valence-corrected chi connectivity index (χ1v) is 7.97. The van der Waals surface area contributed by atoms with Gasteiger partial charge in [0.15, 0.2) is 0 Å². The molecule has 6 heteroatoms. The molecule has 1 atom stereocenters. The number of hydrogen-bond donors (Lipinski definition) is 1. The highest BCUT2D eigenvalue weighted by molar-refractivity contribution is 6.06. The van der Waals surface area contributed by atoms with Crippen molar-refractivity contribution in [3.8, 4) is 0 Å². The van der Waals surface area contributed by atoms with Crippen LogP contribution in [0.4, 0.5) is 9.18 Å². The van der Waals surface area contributed by atoms with E-state index in [0.717, 1.165) is 4.90 Å². The Kier molecular flexibility index (Phi) is 3.99. The number of carbonyl (C=O) groups is 2. The topological polar surface area (TPSA) is 62.3 Å². The molecular formula is C18H20FN3O2. The monoisotopic (exact) mass is 329 g/mol. The summed E-state index contributed by atoms with van der Waals surface area (Å²) >= 11 is 0. The average Bonchev–Trinajstić information content (AvgIpc) is 2.69. The fourth-order valence-electron chi connectivity index (χ4n) is 3.36. The zero-order chi connectivity index (χ0) is 17.5. The van der Waals surface area contributed by atoms with Gasteiger partial charge in [-0.15, -0.1) is 0 Å². The van der Waals surface area contributed by atoms with Gasteiger partial charge in [-0.05, 0) is 37.5 Å². The number of amides is 3. The lowest BCUT2D eigenvalue weighted by atomic mass is 9.91. The van der Waals surface area contributed by atoms with Gasteiger partial charge in [0.1, 0.15) is 11.4 Å². The minimum Gasteiger partial charge on any atom is -0.323 e. The lowest BCUT2D eigenvalue weighted by molar-refractivity contribution is -0.131. The number of imide groups is 1. The summed E-state index contributed by atoms with van der Waals surface area (Å²) in [6, 6.07) is 5.74. The van der Waals surface area contributed by atoms with E-state index in [0.29, 0.717) is 22.9 Å². The first-order valence-electron chi connectivity index (χ1n) is 7.97. The van der Waals surface area contributed by atoms with Crippen molar-refractivity contribution < 1.29 is 14.0 Å². The zero-order valence-electron chi connectivity index (χ0n) is 14.0. The number of nitrogens with zero attached hydrogens (tertiary/aromatic N) is 2. The van der Waals surface area contributed by atoms with Gasteiger partial charge in [-0.2, -0.15) is 0 Å². The molecule has 2 heterocycles. The summed E-state index contributed by atoms with van der Waals surface area (Å²) in [6.45, 7) is 5.73. The first kappa shape index (κ1) is 16.4. The smallest absolute Gasteiger partial charge is 0.323 e. The SMILES string of the molecule is CC(C)CC1(C)NC(=O)N(Cc2cc(F)cc3cccnc23)C1=O. The number of urea groups is 1. The van der Waals surface area contributed by atoms with Crippen LogP contribution in [0.15, 0.2) is 30.5 Å². The van der Waals surface area contributed by atoms with Crippen LogP contribution in [-0.4, -0.2) is 27.4 Å². The molecule has 126 valence electrons. The van der Waals surface area contributed by atoms with Crippen LogP contribution in [0.5, 0.6) is 0 Å². The molecule has 0 radical (unpaired) electrons. The number of halogens is 1. The number of hydrogen-bond acceptors (Lipinski definition) is 3. The highest BCUT2D eigenvalue weighted by atomic mass is 19.1. The predicted molar refractivity (Wildman–Crippen MR) is 88.6 cm³/mol. The highest BCUT2D eigenvalue weighted by Crippen LogP contribution is 2.28. The van der Waals surface area contributed by atoms with Crippen LogP contribution in [-0.2, 0) is 11.3 Å². The normalized spacial score (nSPS) is 21.0. The molecule has 3 rings (SSSR count). The Morgan fingerprint density at radius 1 is 1.33 bits per heavy atom. The number of fused-ring (bicyclic) bond motifs is 1. The second-order valence-electron chi connectivity index (χ2n) is 6.89. The van der Waals surface area contributed by atoms with E-state index < -0.39 is 17.4 Å². The zero-order valence-corrected chi connectivity index (χ0v) is 14.0. The third-order valence-corrected chi connectivity index (χ3v) is 4.24. The molecule has 1 aliphatic rings. The predicted octanol–water partition coefficient (Wildman–Crippen LogP) is 3.23. The summed E-state index contributed by atoms with van der Waals surface area (Å²) < 4.78 is 13.9. The van der Waals surface area contributed by atoms with Crippen LogP contribution >= 0.6 is 0 Å². The number of aromatic nitrogens is 1. The van der Waals surface area contributed by atoms with Crippen molar-refractivity contribution in [1.82, 2.24) is 15.2 Å². The van der Waals surface area contributed by atoms with Crippen molar-refractivity contribution in [2.75, 3.05) is 0 Å². The summed E-state index contributed by atoms with van der Waals surface area (Å²) in [5, 5.41) is 3.41. The van der Waals surface area contributed by atoms with Crippen molar-refractivity contribution >= 4 is 22.8 Å². The molecule has 1 aromatic carbocycles. The fourth-order valence-corrected chi connectivity index (χ4v) is 3.36. The van der Waals surface area contributed by atoms with E-state index in [1.54, 1.807) is 25.3 Å². The average molecular weight is 329 g/mol. The van der Waals surface area contributed by atoms with Gasteiger partial charge < -0.3 is 5.32 Å². The van der Waals surface area contributed by atoms with Gasteiger partial charge in [-0.1, -0.05) is 19.9 Å². The molecule has 0 bridgehead atoms. The Hall–Kier alpha value is -2.50. The molecule has 1 unspecified atom stereocenters. The Morgan fingerprint density at radius 3 is 2.79 bits per heavy atom. The molecule has 5 nitrogen and oxygen atoms in total. The lowest BCUT2D eigenvalue weighted by Crippen LogP contribution is -2.44. The molecule has 1 N–H and O–H groups in total. The fraction of sp³-hybridized carbons (Fsp3) is 0.389. The van der Waals surface area contributed by atoms with Crippen molar-refractivity contribution in [1.29, 1.82) is 0 Å². The number of nitrogens with one attached hydrogen (secondary N) is 1. The summed E-state index contributed by atoms with van der Waals surface area (Å²) in [6.07, 6.45) is 2.16. The molecule has 24 heavy (non-hydrogen) atoms. The summed E-state index contributed by atoms with van der Waals surface area (Å²) in [4.78, 5) is 30.4. The Balaban J connectivity index is 1.94. The molecule has 1 saturated heterocycles. The van der Waals surface area contributed by atoms with Gasteiger partial charge in [0, 0.05) is 17.1 Å². The van der Waals surface area contributed by atoms with Crippen LogP contribution < -0.4 is 5.32 Å². The first-order chi connectivity index (χ1) is 11.3. The number of carbonyl (C=O) groups excluding carboxylic acids is 2. The van der Waals surface area contributed by atoms with E-state index in [9.17, 15) is 14.0 Å². The van der Waals surface area contributed by atoms with Gasteiger partial charge in [0.05, 0.1) is 12.1 Å². The molecule has 3 amide bonds. The third-order valence-electron chi connectivity index (χ3n) is 4.24. The van der Waals surface area contributed by atoms with Crippen molar-refractivity contribution in [3.05, 3.63) is 41.8 Å². The largest absolute Gasteiger partial charge is 0.325 e. The molecule has 1 aromatic heterocycles. The minimum absolute atomic E-state index is 0.00360. The highest BCUT2D eigenvalue weighted by Gasteiger charge is 2.47. The van der Waals surface area contributed by atoms with Crippen molar-refractivity contribution in [3.63, 3.8) is 0 Å². The summed E-state index contributed by atoms with van der Waals surface area (Å²) in [7, 11) is 0. The van der Waals surface area contributed by atoms with E-state index in [4.69, 9.17) is 0 Å². The standard InChI is InChI=1S/C18H20FN3O2/c1-11(2)9-18(3)16(23)22(17(24)21-18)10-13-8-14(19)7-12-5-4-6-20-15(12)13/h4-8,11H,9-10H2,1-3H3,(H,21,24). The van der Waals surface area contributed by atoms with Gasteiger partial charge in [-0.25, -0.2) is 9.18 Å². The summed E-state index contributed by atoms with van der Waals surface area (Å²) in [5.41, 5.74) is 0.196. The number of rotatable bonds is 4. The summed E-state index contributed by atoms with van der Waals surface area (Å²) in [5.74, 6) is -0.437. The van der Waals surface area contributed by atoms with Gasteiger partial charge in [0.2, 0.25) is 0 Å². The maximum atomic E-state index is 13.9. The third kappa shape index (κ3) is 2.84. The molecule has 1 fully saturated rings. The van der Waals surface area contributed by atoms with E-state index >= 15 is 0 Å². The van der Waals surface area contributed by atoms with Crippen LogP contribution in [0, 0.1) is 11.7 Å². The van der Waals surface area contributed by atoms with Crippen LogP contribution in [0.25, 0.3) is 10.9 Å². The molecule has 2 aromatic rings. The molecule has 1 aliphatic heterocycles. The second-order valence-corrected chi connectivity index (χ2v) is 6.89. The van der Waals surface area contributed by atoms with Gasteiger partial charge >= 0.3 is 6.03 Å². The quantitative estimate of drug-likeness (QED) is 0.876. The van der Waals surface area contributed by atoms with Crippen LogP contribution in [0.2, 0.25) is 0 Å². The van der Waals surface area contributed by atoms with E-state index in [-0.39, 0.29) is 18.4 Å². The Labute approximate surface area is 139 Å². The van der Waals surface area contributed by atoms with Gasteiger partial charge in [0.25, 0.3) is 5.91 Å². The van der Waals surface area contributed by atoms with Crippen LogP contribution in [0.1, 0.15) is 32.8 Å². The minimum atomic E-state index is -0.915. The molecular weight excluding hydrogens is 309 g/mol.